The molecule has 118 valence electrons. The fourth-order valence-corrected chi connectivity index (χ4v) is 2.79. The van der Waals surface area contributed by atoms with E-state index in [1.54, 1.807) is 23.0 Å². The van der Waals surface area contributed by atoms with Crippen molar-refractivity contribution in [2.24, 2.45) is 7.05 Å². The van der Waals surface area contributed by atoms with E-state index in [0.29, 0.717) is 16.3 Å². The summed E-state index contributed by atoms with van der Waals surface area (Å²) in [5.74, 6) is -0.152. The van der Waals surface area contributed by atoms with Crippen LogP contribution in [0.1, 0.15) is 34.7 Å². The van der Waals surface area contributed by atoms with Crippen LogP contribution in [0.2, 0.25) is 5.02 Å². The number of benzene rings is 1. The largest absolute Gasteiger partial charge is 0.344 e. The van der Waals surface area contributed by atoms with Crippen LogP contribution in [0.5, 0.6) is 0 Å². The minimum Gasteiger partial charge on any atom is -0.344 e. The SMILES string of the molecule is Cc1nc2cc(Cl)ccc2cc1C(=O)NC(C)c1ccnn1C. The highest BCUT2D eigenvalue weighted by atomic mass is 35.5. The van der Waals surface area contributed by atoms with Gasteiger partial charge < -0.3 is 5.32 Å². The Morgan fingerprint density at radius 1 is 1.30 bits per heavy atom. The molecule has 0 bridgehead atoms. The highest BCUT2D eigenvalue weighted by molar-refractivity contribution is 6.31. The minimum atomic E-state index is -0.152. The first-order chi connectivity index (χ1) is 11.0. The van der Waals surface area contributed by atoms with Crippen LogP contribution in [-0.2, 0) is 7.05 Å². The van der Waals surface area contributed by atoms with Crippen LogP contribution >= 0.6 is 11.6 Å². The fourth-order valence-electron chi connectivity index (χ4n) is 2.62. The van der Waals surface area contributed by atoms with E-state index in [1.807, 2.05) is 39.1 Å². The Labute approximate surface area is 139 Å². The quantitative estimate of drug-likeness (QED) is 0.801. The number of halogens is 1. The molecule has 23 heavy (non-hydrogen) atoms. The first-order valence-electron chi connectivity index (χ1n) is 7.31. The summed E-state index contributed by atoms with van der Waals surface area (Å²) in [6, 6.07) is 9.05. The Bertz CT molecular complexity index is 887. The normalized spacial score (nSPS) is 12.3. The smallest absolute Gasteiger partial charge is 0.253 e. The fraction of sp³-hybridized carbons (Fsp3) is 0.235. The van der Waals surface area contributed by atoms with Crippen molar-refractivity contribution in [3.8, 4) is 0 Å². The van der Waals surface area contributed by atoms with Gasteiger partial charge in [-0.3, -0.25) is 14.5 Å². The van der Waals surface area contributed by atoms with Gasteiger partial charge in [0.25, 0.3) is 5.91 Å². The Kier molecular flexibility index (Phi) is 4.05. The zero-order valence-corrected chi connectivity index (χ0v) is 13.9. The second kappa shape index (κ2) is 6.01. The maximum atomic E-state index is 12.6. The van der Waals surface area contributed by atoms with Crippen molar-refractivity contribution in [3.63, 3.8) is 0 Å². The summed E-state index contributed by atoms with van der Waals surface area (Å²) >= 11 is 5.99. The highest BCUT2D eigenvalue weighted by Crippen LogP contribution is 2.21. The zero-order chi connectivity index (χ0) is 16.6. The van der Waals surface area contributed by atoms with E-state index in [9.17, 15) is 4.79 Å². The van der Waals surface area contributed by atoms with Crippen LogP contribution in [0.4, 0.5) is 0 Å². The monoisotopic (exact) mass is 328 g/mol. The van der Waals surface area contributed by atoms with Crippen molar-refractivity contribution in [2.75, 3.05) is 0 Å². The van der Waals surface area contributed by atoms with Gasteiger partial charge in [0, 0.05) is 23.7 Å². The topological polar surface area (TPSA) is 59.8 Å². The lowest BCUT2D eigenvalue weighted by molar-refractivity contribution is 0.0937. The van der Waals surface area contributed by atoms with E-state index >= 15 is 0 Å². The number of aromatic nitrogens is 3. The third kappa shape index (κ3) is 3.05. The lowest BCUT2D eigenvalue weighted by Gasteiger charge is -2.15. The van der Waals surface area contributed by atoms with Gasteiger partial charge in [-0.1, -0.05) is 17.7 Å². The minimum absolute atomic E-state index is 0.143. The predicted octanol–water partition coefficient (Wildman–Crippen LogP) is 3.42. The first kappa shape index (κ1) is 15.5. The highest BCUT2D eigenvalue weighted by Gasteiger charge is 2.16. The number of aryl methyl sites for hydroxylation is 2. The van der Waals surface area contributed by atoms with Crippen molar-refractivity contribution in [1.29, 1.82) is 0 Å². The molecule has 3 aromatic rings. The molecule has 0 fully saturated rings. The number of nitrogens with one attached hydrogen (secondary N) is 1. The lowest BCUT2D eigenvalue weighted by Crippen LogP contribution is -2.28. The molecule has 1 unspecified atom stereocenters. The molecule has 3 rings (SSSR count). The average molecular weight is 329 g/mol. The van der Waals surface area contributed by atoms with Crippen molar-refractivity contribution in [3.05, 3.63) is 58.5 Å². The molecule has 1 atom stereocenters. The zero-order valence-electron chi connectivity index (χ0n) is 13.2. The molecule has 5 nitrogen and oxygen atoms in total. The summed E-state index contributed by atoms with van der Waals surface area (Å²) in [6.45, 7) is 3.75. The molecular weight excluding hydrogens is 312 g/mol. The van der Waals surface area contributed by atoms with Gasteiger partial charge in [0.05, 0.1) is 28.5 Å². The molecule has 0 aliphatic heterocycles. The number of hydrogen-bond acceptors (Lipinski definition) is 3. The summed E-state index contributed by atoms with van der Waals surface area (Å²) in [5.41, 5.74) is 2.96. The molecule has 0 radical (unpaired) electrons. The van der Waals surface area contributed by atoms with Crippen molar-refractivity contribution < 1.29 is 4.79 Å². The van der Waals surface area contributed by atoms with Crippen molar-refractivity contribution >= 4 is 28.4 Å². The molecule has 0 aliphatic carbocycles. The van der Waals surface area contributed by atoms with E-state index < -0.39 is 0 Å². The van der Waals surface area contributed by atoms with Gasteiger partial charge in [-0.05, 0) is 38.1 Å². The summed E-state index contributed by atoms with van der Waals surface area (Å²) < 4.78 is 1.75. The number of carbonyl (C=O) groups is 1. The molecule has 6 heteroatoms. The molecule has 1 aromatic carbocycles. The molecule has 1 N–H and O–H groups in total. The second-order valence-electron chi connectivity index (χ2n) is 5.53. The summed E-state index contributed by atoms with van der Waals surface area (Å²) in [4.78, 5) is 17.1. The Balaban J connectivity index is 1.90. The van der Waals surface area contributed by atoms with Gasteiger partial charge in [0.2, 0.25) is 0 Å². The lowest BCUT2D eigenvalue weighted by atomic mass is 10.1. The van der Waals surface area contributed by atoms with Crippen LogP contribution < -0.4 is 5.32 Å². The summed E-state index contributed by atoms with van der Waals surface area (Å²) in [5, 5.41) is 8.63. The number of pyridine rings is 1. The third-order valence-electron chi connectivity index (χ3n) is 3.86. The van der Waals surface area contributed by atoms with Gasteiger partial charge in [-0.25, -0.2) is 0 Å². The maximum absolute atomic E-state index is 12.6. The van der Waals surface area contributed by atoms with E-state index in [4.69, 9.17) is 11.6 Å². The third-order valence-corrected chi connectivity index (χ3v) is 4.10. The average Bonchev–Trinajstić information content (AvgIpc) is 2.92. The summed E-state index contributed by atoms with van der Waals surface area (Å²) in [7, 11) is 1.85. The van der Waals surface area contributed by atoms with Gasteiger partial charge in [-0.15, -0.1) is 0 Å². The van der Waals surface area contributed by atoms with Gasteiger partial charge in [0.1, 0.15) is 0 Å². The van der Waals surface area contributed by atoms with E-state index in [-0.39, 0.29) is 11.9 Å². The van der Waals surface area contributed by atoms with Crippen LogP contribution in [0, 0.1) is 6.92 Å². The van der Waals surface area contributed by atoms with Gasteiger partial charge in [-0.2, -0.15) is 5.10 Å². The van der Waals surface area contributed by atoms with Crippen molar-refractivity contribution in [2.45, 2.75) is 19.9 Å². The molecule has 2 aromatic heterocycles. The van der Waals surface area contributed by atoms with Crippen LogP contribution in [0.25, 0.3) is 10.9 Å². The number of fused-ring (bicyclic) bond motifs is 1. The van der Waals surface area contributed by atoms with E-state index in [1.165, 1.54) is 0 Å². The summed E-state index contributed by atoms with van der Waals surface area (Å²) in [6.07, 6.45) is 1.71. The molecule has 0 spiro atoms. The number of hydrogen-bond donors (Lipinski definition) is 1. The Morgan fingerprint density at radius 2 is 2.09 bits per heavy atom. The van der Waals surface area contributed by atoms with Crippen LogP contribution in [0.3, 0.4) is 0 Å². The number of carbonyl (C=O) groups excluding carboxylic acids is 1. The Morgan fingerprint density at radius 3 is 2.78 bits per heavy atom. The molecule has 0 saturated heterocycles. The molecule has 0 aliphatic rings. The predicted molar refractivity (Wildman–Crippen MR) is 90.6 cm³/mol. The van der Waals surface area contributed by atoms with E-state index in [0.717, 1.165) is 16.6 Å². The maximum Gasteiger partial charge on any atom is 0.253 e. The standard InChI is InChI=1S/C17H17ClN4O/c1-10-14(8-12-4-5-13(18)9-15(12)20-10)17(23)21-11(2)16-6-7-19-22(16)3/h4-9,11H,1-3H3,(H,21,23). The number of amides is 1. The molecular formula is C17H17ClN4O. The van der Waals surface area contributed by atoms with Crippen LogP contribution in [0.15, 0.2) is 36.5 Å². The van der Waals surface area contributed by atoms with Crippen LogP contribution in [-0.4, -0.2) is 20.7 Å². The molecule has 1 amide bonds. The number of rotatable bonds is 3. The van der Waals surface area contributed by atoms with Gasteiger partial charge >= 0.3 is 0 Å². The number of nitrogens with zero attached hydrogens (tertiary/aromatic N) is 3. The Hall–Kier alpha value is -2.40. The van der Waals surface area contributed by atoms with Gasteiger partial charge in [0.15, 0.2) is 0 Å². The van der Waals surface area contributed by atoms with Crippen molar-refractivity contribution in [1.82, 2.24) is 20.1 Å². The first-order valence-corrected chi connectivity index (χ1v) is 7.69. The molecule has 2 heterocycles. The molecule has 0 saturated carbocycles. The second-order valence-corrected chi connectivity index (χ2v) is 5.97. The van der Waals surface area contributed by atoms with E-state index in [2.05, 4.69) is 15.4 Å².